The summed E-state index contributed by atoms with van der Waals surface area (Å²) in [6, 6.07) is 12.1. The number of methoxy groups -OCH3 is 2. The molecule has 4 rings (SSSR count). The molecule has 0 unspecified atom stereocenters. The molecule has 0 N–H and O–H groups in total. The van der Waals surface area contributed by atoms with Crippen molar-refractivity contribution in [2.75, 3.05) is 20.8 Å². The Hall–Kier alpha value is -2.21. The number of hydrogen-bond donors (Lipinski definition) is 0. The zero-order valence-electron chi connectivity index (χ0n) is 14.5. The average Bonchev–Trinajstić information content (AvgIpc) is 3.17. The van der Waals surface area contributed by atoms with E-state index in [1.54, 1.807) is 14.2 Å². The van der Waals surface area contributed by atoms with Gasteiger partial charge in [0, 0.05) is 29.6 Å². The van der Waals surface area contributed by atoms with Gasteiger partial charge in [-0.15, -0.1) is 0 Å². The van der Waals surface area contributed by atoms with Crippen LogP contribution in [0.5, 0.6) is 11.5 Å². The van der Waals surface area contributed by atoms with Crippen LogP contribution in [0.2, 0.25) is 0 Å². The van der Waals surface area contributed by atoms with Gasteiger partial charge in [-0.2, -0.15) is 0 Å². The van der Waals surface area contributed by atoms with Gasteiger partial charge in [-0.3, -0.25) is 9.98 Å². The second kappa shape index (κ2) is 6.59. The van der Waals surface area contributed by atoms with Gasteiger partial charge in [-0.05, 0) is 24.3 Å². The van der Waals surface area contributed by atoms with Crippen LogP contribution in [0.15, 0.2) is 47.6 Å². The number of ether oxygens (including phenoxy) is 2. The van der Waals surface area contributed by atoms with Crippen LogP contribution >= 0.6 is 11.8 Å². The molecule has 25 heavy (non-hydrogen) atoms. The molecule has 3 atom stereocenters. The monoisotopic (exact) mass is 355 g/mol. The summed E-state index contributed by atoms with van der Waals surface area (Å²) >= 11 is 1.84. The van der Waals surface area contributed by atoms with Gasteiger partial charge in [0.2, 0.25) is 0 Å². The summed E-state index contributed by atoms with van der Waals surface area (Å²) in [6.07, 6.45) is 1.83. The van der Waals surface area contributed by atoms with E-state index in [4.69, 9.17) is 14.5 Å². The van der Waals surface area contributed by atoms with Crippen LogP contribution in [0.3, 0.4) is 0 Å². The Morgan fingerprint density at radius 3 is 2.76 bits per heavy atom. The minimum absolute atomic E-state index is 0.0292. The highest BCUT2D eigenvalue weighted by molar-refractivity contribution is 8.14. The van der Waals surface area contributed by atoms with Crippen molar-refractivity contribution in [1.82, 2.24) is 9.88 Å². The predicted molar refractivity (Wildman–Crippen MR) is 100 cm³/mol. The highest BCUT2D eigenvalue weighted by Crippen LogP contribution is 2.49. The Morgan fingerprint density at radius 2 is 2.04 bits per heavy atom. The normalized spacial score (nSPS) is 24.8. The van der Waals surface area contributed by atoms with Crippen molar-refractivity contribution >= 4 is 16.9 Å². The highest BCUT2D eigenvalue weighted by atomic mass is 32.2. The van der Waals surface area contributed by atoms with Crippen LogP contribution in [0.4, 0.5) is 0 Å². The van der Waals surface area contributed by atoms with Crippen molar-refractivity contribution in [3.63, 3.8) is 0 Å². The topological polar surface area (TPSA) is 47.0 Å². The fourth-order valence-corrected chi connectivity index (χ4v) is 4.61. The maximum Gasteiger partial charge on any atom is 0.160 e. The average molecular weight is 355 g/mol. The summed E-state index contributed by atoms with van der Waals surface area (Å²) in [5.74, 6) is 1.62. The molecule has 2 aliphatic rings. The number of thioether (sulfide) groups is 1. The van der Waals surface area contributed by atoms with Gasteiger partial charge in [0.25, 0.3) is 0 Å². The molecule has 0 bridgehead atoms. The molecule has 5 nitrogen and oxygen atoms in total. The summed E-state index contributed by atoms with van der Waals surface area (Å²) in [4.78, 5) is 12.0. The lowest BCUT2D eigenvalue weighted by molar-refractivity contribution is 0.306. The quantitative estimate of drug-likeness (QED) is 0.837. The summed E-state index contributed by atoms with van der Waals surface area (Å²) in [5.41, 5.74) is 2.10. The third-order valence-electron chi connectivity index (χ3n) is 4.64. The molecule has 1 aromatic carbocycles. The minimum Gasteiger partial charge on any atom is -0.497 e. The van der Waals surface area contributed by atoms with E-state index in [0.717, 1.165) is 34.5 Å². The molecule has 0 radical (unpaired) electrons. The van der Waals surface area contributed by atoms with Crippen molar-refractivity contribution in [3.05, 3.63) is 53.9 Å². The van der Waals surface area contributed by atoms with E-state index in [0.29, 0.717) is 5.25 Å². The molecule has 2 aliphatic heterocycles. The SMILES string of the molecule is COc1ccc([C@@H]2[C@@H](c3ccccn3)N=C3S[C@@H](C)CN32)c(OC)c1. The number of benzene rings is 1. The van der Waals surface area contributed by atoms with Gasteiger partial charge >= 0.3 is 0 Å². The van der Waals surface area contributed by atoms with Gasteiger partial charge in [0.15, 0.2) is 5.17 Å². The van der Waals surface area contributed by atoms with Crippen molar-refractivity contribution in [2.24, 2.45) is 4.99 Å². The van der Waals surface area contributed by atoms with Crippen LogP contribution in [0, 0.1) is 0 Å². The summed E-state index contributed by atoms with van der Waals surface area (Å²) in [6.45, 7) is 3.22. The molecule has 0 amide bonds. The molecule has 2 aromatic rings. The second-order valence-corrected chi connectivity index (χ2v) is 7.65. The molecule has 1 fully saturated rings. The smallest absolute Gasteiger partial charge is 0.160 e. The van der Waals surface area contributed by atoms with Crippen molar-refractivity contribution < 1.29 is 9.47 Å². The molecule has 130 valence electrons. The lowest BCUT2D eigenvalue weighted by atomic mass is 9.95. The molecule has 0 aliphatic carbocycles. The van der Waals surface area contributed by atoms with E-state index in [1.807, 2.05) is 48.3 Å². The zero-order chi connectivity index (χ0) is 17.4. The number of fused-ring (bicyclic) bond motifs is 1. The first-order chi connectivity index (χ1) is 12.2. The van der Waals surface area contributed by atoms with Crippen molar-refractivity contribution in [2.45, 2.75) is 24.3 Å². The molecular formula is C19H21N3O2S. The zero-order valence-corrected chi connectivity index (χ0v) is 15.4. The number of aliphatic imine (C=N–C) groups is 1. The third-order valence-corrected chi connectivity index (χ3v) is 5.74. The first-order valence-electron chi connectivity index (χ1n) is 8.35. The van der Waals surface area contributed by atoms with Crippen LogP contribution in [0.1, 0.15) is 30.3 Å². The summed E-state index contributed by atoms with van der Waals surface area (Å²) in [5, 5.41) is 1.64. The molecular weight excluding hydrogens is 334 g/mol. The van der Waals surface area contributed by atoms with Crippen molar-refractivity contribution in [3.8, 4) is 11.5 Å². The molecule has 1 aromatic heterocycles. The molecule has 0 spiro atoms. The number of nitrogens with zero attached hydrogens (tertiary/aromatic N) is 3. The van der Waals surface area contributed by atoms with Crippen LogP contribution in [-0.4, -0.2) is 41.1 Å². The van der Waals surface area contributed by atoms with Gasteiger partial charge < -0.3 is 14.4 Å². The number of amidine groups is 1. The number of rotatable bonds is 4. The number of hydrogen-bond acceptors (Lipinski definition) is 6. The van der Waals surface area contributed by atoms with Gasteiger partial charge in [-0.25, -0.2) is 0 Å². The second-order valence-electron chi connectivity index (χ2n) is 6.24. The Labute approximate surface area is 152 Å². The molecule has 3 heterocycles. The Bertz CT molecular complexity index is 797. The van der Waals surface area contributed by atoms with Crippen LogP contribution in [0.25, 0.3) is 0 Å². The van der Waals surface area contributed by atoms with Crippen LogP contribution in [-0.2, 0) is 0 Å². The van der Waals surface area contributed by atoms with Crippen molar-refractivity contribution in [1.29, 1.82) is 0 Å². The molecule has 0 saturated carbocycles. The highest BCUT2D eigenvalue weighted by Gasteiger charge is 2.44. The van der Waals surface area contributed by atoms with Gasteiger partial charge in [-0.1, -0.05) is 24.8 Å². The first kappa shape index (κ1) is 16.3. The lowest BCUT2D eigenvalue weighted by Gasteiger charge is -2.28. The molecule has 1 saturated heterocycles. The maximum atomic E-state index is 5.67. The van der Waals surface area contributed by atoms with E-state index < -0.39 is 0 Å². The van der Waals surface area contributed by atoms with Gasteiger partial charge in [0.1, 0.15) is 17.5 Å². The molecule has 6 heteroatoms. The predicted octanol–water partition coefficient (Wildman–Crippen LogP) is 3.69. The Balaban J connectivity index is 1.80. The van der Waals surface area contributed by atoms with E-state index >= 15 is 0 Å². The number of pyridine rings is 1. The van der Waals surface area contributed by atoms with Crippen LogP contribution < -0.4 is 9.47 Å². The standard InChI is InChI=1S/C19H21N3O2S/c1-12-11-22-18(14-8-7-13(23-2)10-16(14)24-3)17(21-19(22)25-12)15-6-4-5-9-20-15/h4-10,12,17-18H,11H2,1-3H3/t12-,17+,18+/m0/s1. The fourth-order valence-electron chi connectivity index (χ4n) is 3.52. The van der Waals surface area contributed by atoms with E-state index in [9.17, 15) is 0 Å². The first-order valence-corrected chi connectivity index (χ1v) is 9.23. The Morgan fingerprint density at radius 1 is 1.16 bits per heavy atom. The lowest BCUT2D eigenvalue weighted by Crippen LogP contribution is -2.28. The largest absolute Gasteiger partial charge is 0.497 e. The maximum absolute atomic E-state index is 5.67. The van der Waals surface area contributed by atoms with E-state index in [-0.39, 0.29) is 12.1 Å². The minimum atomic E-state index is -0.0292. The fraction of sp³-hybridized carbons (Fsp3) is 0.368. The third kappa shape index (κ3) is 2.84. The summed E-state index contributed by atoms with van der Waals surface area (Å²) in [7, 11) is 3.37. The van der Waals surface area contributed by atoms with E-state index in [2.05, 4.69) is 22.9 Å². The summed E-state index contributed by atoms with van der Waals surface area (Å²) < 4.78 is 11.0. The van der Waals surface area contributed by atoms with Gasteiger partial charge in [0.05, 0.1) is 26.0 Å². The number of aromatic nitrogens is 1. The van der Waals surface area contributed by atoms with E-state index in [1.165, 1.54) is 0 Å². The Kier molecular flexibility index (Phi) is 4.29.